The van der Waals surface area contributed by atoms with Crippen LogP contribution in [0.25, 0.3) is 0 Å². The molecule has 0 N–H and O–H groups in total. The van der Waals surface area contributed by atoms with E-state index in [1.807, 2.05) is 12.2 Å². The third-order valence-electron chi connectivity index (χ3n) is 1.74. The van der Waals surface area contributed by atoms with Crippen molar-refractivity contribution in [1.82, 2.24) is 0 Å². The average molecular weight is 291 g/mol. The summed E-state index contributed by atoms with van der Waals surface area (Å²) in [4.78, 5) is 0. The van der Waals surface area contributed by atoms with Gasteiger partial charge in [-0.2, -0.15) is 0 Å². The van der Waals surface area contributed by atoms with Gasteiger partial charge in [0, 0.05) is 0 Å². The van der Waals surface area contributed by atoms with Gasteiger partial charge < -0.3 is 0 Å². The average Bonchev–Trinajstić information content (AvgIpc) is 2.18. The van der Waals surface area contributed by atoms with Gasteiger partial charge in [-0.25, -0.2) is 0 Å². The molecule has 0 radical (unpaired) electrons. The molecule has 0 bridgehead atoms. The van der Waals surface area contributed by atoms with Gasteiger partial charge in [-0.3, -0.25) is 0 Å². The van der Waals surface area contributed by atoms with Crippen LogP contribution in [0.1, 0.15) is 25.7 Å². The van der Waals surface area contributed by atoms with Crippen LogP contribution in [0.3, 0.4) is 0 Å². The Morgan fingerprint density at radius 1 is 0.800 bits per heavy atom. The fourth-order valence-electron chi connectivity index (χ4n) is 1.06. The molecule has 0 nitrogen and oxygen atoms in total. The van der Waals surface area contributed by atoms with Gasteiger partial charge in [0.1, 0.15) is 0 Å². The topological polar surface area (TPSA) is 0 Å². The van der Waals surface area contributed by atoms with Crippen molar-refractivity contribution in [1.29, 1.82) is 0 Å². The van der Waals surface area contributed by atoms with Gasteiger partial charge in [0.05, 0.1) is 0 Å². The number of rotatable bonds is 4. The van der Waals surface area contributed by atoms with E-state index in [0.29, 0.717) is 17.1 Å². The van der Waals surface area contributed by atoms with Crippen molar-refractivity contribution in [3.05, 3.63) is 49.6 Å². The summed E-state index contributed by atoms with van der Waals surface area (Å²) in [6, 6.07) is 0. The third kappa shape index (κ3) is 13.6. The van der Waals surface area contributed by atoms with Gasteiger partial charge >= 0.3 is 52.5 Å². The molecule has 15 heavy (non-hydrogen) atoms. The van der Waals surface area contributed by atoms with Crippen LogP contribution in [-0.2, 0) is 17.1 Å². The van der Waals surface area contributed by atoms with E-state index in [-0.39, 0.29) is 0 Å². The maximum absolute atomic E-state index is 3.62. The Morgan fingerprint density at radius 3 is 1.40 bits per heavy atom. The summed E-state index contributed by atoms with van der Waals surface area (Å²) < 4.78 is 0. The van der Waals surface area contributed by atoms with Gasteiger partial charge in [0.15, 0.2) is 0 Å². The Hall–Kier alpha value is -0.417. The molecule has 1 heteroatoms. The first kappa shape index (κ1) is 14.6. The Bertz CT molecular complexity index is 167. The van der Waals surface area contributed by atoms with Gasteiger partial charge in [-0.05, 0) is 25.7 Å². The predicted octanol–water partition coefficient (Wildman–Crippen LogP) is 4.95. The Balaban J connectivity index is 0.000000265. The van der Waals surface area contributed by atoms with E-state index >= 15 is 0 Å². The Morgan fingerprint density at radius 2 is 1.13 bits per heavy atom. The third-order valence-corrected chi connectivity index (χ3v) is 3.75. The van der Waals surface area contributed by atoms with Crippen LogP contribution in [0.4, 0.5) is 0 Å². The van der Waals surface area contributed by atoms with Crippen LogP contribution < -0.4 is 0 Å². The fraction of sp³-hybridized carbons (Fsp3) is 0.429. The van der Waals surface area contributed by atoms with E-state index in [4.69, 9.17) is 0 Å². The van der Waals surface area contributed by atoms with Crippen molar-refractivity contribution >= 4 is 0 Å². The zero-order valence-electron chi connectivity index (χ0n) is 9.47. The molecule has 1 aliphatic carbocycles. The standard InChI is InChI=1S/C8H12.2C3H5.Ru/c1-2-4-6-8-7-5-3-1;2*1-3-2;/h1-2,7-8H,3-6H2;2*3H,1-2H2;/b2-1-,8-7-;;;. The molecule has 0 unspecified atom stereocenters. The van der Waals surface area contributed by atoms with Crippen molar-refractivity contribution in [2.45, 2.75) is 35.7 Å². The summed E-state index contributed by atoms with van der Waals surface area (Å²) in [5, 5.41) is 2.41. The second-order valence-electron chi connectivity index (χ2n) is 3.14. The molecule has 0 amide bonds. The summed E-state index contributed by atoms with van der Waals surface area (Å²) >= 11 is 0.536. The molecular formula is C14H22Ru. The number of hydrogen-bond donors (Lipinski definition) is 0. The van der Waals surface area contributed by atoms with E-state index in [1.165, 1.54) is 35.7 Å². The molecule has 0 aromatic heterocycles. The molecule has 0 aliphatic heterocycles. The molecule has 0 aromatic rings. The number of hydrogen-bond acceptors (Lipinski definition) is 0. The first-order chi connectivity index (χ1) is 7.41. The van der Waals surface area contributed by atoms with E-state index < -0.39 is 0 Å². The first-order valence-corrected chi connectivity index (χ1v) is 7.89. The zero-order chi connectivity index (χ0) is 11.2. The summed E-state index contributed by atoms with van der Waals surface area (Å²) in [5.41, 5.74) is 0. The van der Waals surface area contributed by atoms with Crippen LogP contribution in [0, 0.1) is 0 Å². The molecule has 86 valence electrons. The van der Waals surface area contributed by atoms with Crippen molar-refractivity contribution in [2.75, 3.05) is 0 Å². The molecule has 0 saturated carbocycles. The predicted molar refractivity (Wildman–Crippen MR) is 66.8 cm³/mol. The molecule has 0 saturated heterocycles. The van der Waals surface area contributed by atoms with Crippen molar-refractivity contribution in [3.63, 3.8) is 0 Å². The van der Waals surface area contributed by atoms with Crippen LogP contribution in [0.5, 0.6) is 0 Å². The van der Waals surface area contributed by atoms with E-state index in [2.05, 4.69) is 37.5 Å². The van der Waals surface area contributed by atoms with Crippen LogP contribution in [0.15, 0.2) is 49.6 Å². The molecule has 0 spiro atoms. The van der Waals surface area contributed by atoms with Crippen molar-refractivity contribution in [3.8, 4) is 0 Å². The van der Waals surface area contributed by atoms with Gasteiger partial charge in [-0.15, -0.1) is 0 Å². The van der Waals surface area contributed by atoms with E-state index in [0.717, 1.165) is 0 Å². The molecule has 0 heterocycles. The van der Waals surface area contributed by atoms with Crippen LogP contribution >= 0.6 is 0 Å². The quantitative estimate of drug-likeness (QED) is 0.390. The minimum absolute atomic E-state index is 0.536. The monoisotopic (exact) mass is 292 g/mol. The van der Waals surface area contributed by atoms with Gasteiger partial charge in [0.2, 0.25) is 0 Å². The second kappa shape index (κ2) is 13.6. The zero-order valence-corrected chi connectivity index (χ0v) is 11.2. The fourth-order valence-corrected chi connectivity index (χ4v) is 2.06. The van der Waals surface area contributed by atoms with Crippen molar-refractivity contribution in [2.24, 2.45) is 0 Å². The second-order valence-corrected chi connectivity index (χ2v) is 5.43. The molecule has 0 atom stereocenters. The summed E-state index contributed by atoms with van der Waals surface area (Å²) in [5.74, 6) is 0. The van der Waals surface area contributed by atoms with Crippen molar-refractivity contribution < 1.29 is 17.1 Å². The van der Waals surface area contributed by atoms with E-state index in [9.17, 15) is 0 Å². The first-order valence-electron chi connectivity index (χ1n) is 5.43. The van der Waals surface area contributed by atoms with Crippen LogP contribution in [-0.4, -0.2) is 0 Å². The molecule has 0 fully saturated rings. The Labute approximate surface area is 102 Å². The minimum atomic E-state index is 0.536. The molecule has 0 aromatic carbocycles. The Kier molecular flexibility index (Phi) is 13.2. The molecule has 1 aliphatic rings. The SMILES string of the molecule is C1=C\CC/C=C\CC/1.C=C[CH2][Ru][CH2]C=C. The van der Waals surface area contributed by atoms with Crippen LogP contribution in [0.2, 0.25) is 10.0 Å². The summed E-state index contributed by atoms with van der Waals surface area (Å²) in [6.45, 7) is 7.24. The van der Waals surface area contributed by atoms with E-state index in [1.54, 1.807) is 0 Å². The number of allylic oxidation sites excluding steroid dienone is 6. The normalized spacial score (nSPS) is 18.9. The van der Waals surface area contributed by atoms with Gasteiger partial charge in [0.25, 0.3) is 0 Å². The summed E-state index contributed by atoms with van der Waals surface area (Å²) in [6.07, 6.45) is 17.9. The maximum atomic E-state index is 3.62. The molecule has 1 rings (SSSR count). The molecular weight excluding hydrogens is 269 g/mol. The van der Waals surface area contributed by atoms with Gasteiger partial charge in [-0.1, -0.05) is 24.3 Å². The summed E-state index contributed by atoms with van der Waals surface area (Å²) in [7, 11) is 0.